The van der Waals surface area contributed by atoms with E-state index >= 15 is 0 Å². The number of methoxy groups -OCH3 is 1. The number of para-hydroxylation sites is 1. The quantitative estimate of drug-likeness (QED) is 0.575. The molecule has 3 aromatic rings. The molecule has 0 unspecified atom stereocenters. The molecule has 22 heavy (non-hydrogen) atoms. The van der Waals surface area contributed by atoms with Gasteiger partial charge in [0.2, 0.25) is 5.90 Å². The third-order valence-electron chi connectivity index (χ3n) is 3.01. The maximum absolute atomic E-state index is 7.86. The number of benzene rings is 2. The molecule has 5 heteroatoms. The molecule has 1 aromatic heterocycles. The number of hydrogen-bond acceptors (Lipinski definition) is 5. The molecule has 4 nitrogen and oxygen atoms in total. The van der Waals surface area contributed by atoms with Crippen LogP contribution in [0.25, 0.3) is 16.3 Å². The predicted molar refractivity (Wildman–Crippen MR) is 90.0 cm³/mol. The molecule has 0 saturated heterocycles. The van der Waals surface area contributed by atoms with E-state index in [0.717, 1.165) is 21.5 Å². The van der Waals surface area contributed by atoms with E-state index in [1.54, 1.807) is 13.2 Å². The van der Waals surface area contributed by atoms with Gasteiger partial charge in [-0.25, -0.2) is 4.98 Å². The lowest BCUT2D eigenvalue weighted by atomic mass is 10.2. The fourth-order valence-corrected chi connectivity index (χ4v) is 2.74. The van der Waals surface area contributed by atoms with E-state index < -0.39 is 0 Å². The van der Waals surface area contributed by atoms with Crippen molar-refractivity contribution in [3.05, 3.63) is 60.2 Å². The van der Waals surface area contributed by atoms with Crippen LogP contribution >= 0.6 is 11.3 Å². The van der Waals surface area contributed by atoms with Gasteiger partial charge in [-0.15, -0.1) is 0 Å². The normalized spacial score (nSPS) is 11.0. The number of thiazole rings is 1. The minimum Gasteiger partial charge on any atom is -0.497 e. The highest BCUT2D eigenvalue weighted by Gasteiger charge is 2.05. The molecular formula is C17H14N2O2S. The zero-order valence-electron chi connectivity index (χ0n) is 11.9. The SMILES string of the molecule is COc1ccc(C=CC(=N)Oc2nc3ccccc3s2)cc1. The third-order valence-corrected chi connectivity index (χ3v) is 3.93. The van der Waals surface area contributed by atoms with E-state index in [4.69, 9.17) is 14.9 Å². The smallest absolute Gasteiger partial charge is 0.281 e. The topological polar surface area (TPSA) is 55.2 Å². The Morgan fingerprint density at radius 1 is 1.14 bits per heavy atom. The first kappa shape index (κ1) is 14.3. The summed E-state index contributed by atoms with van der Waals surface area (Å²) in [5.41, 5.74) is 1.85. The van der Waals surface area contributed by atoms with Gasteiger partial charge in [-0.2, -0.15) is 0 Å². The van der Waals surface area contributed by atoms with E-state index in [1.807, 2.05) is 54.6 Å². The summed E-state index contributed by atoms with van der Waals surface area (Å²) < 4.78 is 11.6. The summed E-state index contributed by atoms with van der Waals surface area (Å²) >= 11 is 1.43. The Hall–Kier alpha value is -2.66. The highest BCUT2D eigenvalue weighted by Crippen LogP contribution is 2.27. The van der Waals surface area contributed by atoms with Gasteiger partial charge in [0.25, 0.3) is 5.19 Å². The third kappa shape index (κ3) is 3.32. The van der Waals surface area contributed by atoms with Crippen LogP contribution in [0.3, 0.4) is 0 Å². The summed E-state index contributed by atoms with van der Waals surface area (Å²) in [7, 11) is 1.63. The second-order valence-corrected chi connectivity index (χ2v) is 5.51. The summed E-state index contributed by atoms with van der Waals surface area (Å²) in [6.07, 6.45) is 3.42. The van der Waals surface area contributed by atoms with E-state index in [9.17, 15) is 0 Å². The van der Waals surface area contributed by atoms with Gasteiger partial charge in [0.05, 0.1) is 17.3 Å². The van der Waals surface area contributed by atoms with E-state index in [0.29, 0.717) is 5.19 Å². The van der Waals surface area contributed by atoms with Gasteiger partial charge in [-0.05, 0) is 35.9 Å². The molecule has 1 N–H and O–H groups in total. The lowest BCUT2D eigenvalue weighted by Gasteiger charge is -2.00. The Bertz CT molecular complexity index is 789. The number of hydrogen-bond donors (Lipinski definition) is 1. The minimum atomic E-state index is 0.0508. The molecule has 0 amide bonds. The Balaban J connectivity index is 1.67. The Kier molecular flexibility index (Phi) is 4.16. The molecule has 0 saturated carbocycles. The van der Waals surface area contributed by atoms with Crippen LogP contribution in [0.4, 0.5) is 0 Å². The summed E-state index contributed by atoms with van der Waals surface area (Å²) in [5, 5.41) is 8.34. The first-order valence-electron chi connectivity index (χ1n) is 6.69. The Morgan fingerprint density at radius 3 is 2.64 bits per heavy atom. The van der Waals surface area contributed by atoms with Gasteiger partial charge in [-0.3, -0.25) is 5.41 Å². The summed E-state index contributed by atoms with van der Waals surface area (Å²) in [4.78, 5) is 4.34. The van der Waals surface area contributed by atoms with Crippen LogP contribution < -0.4 is 9.47 Å². The van der Waals surface area contributed by atoms with E-state index in [-0.39, 0.29) is 5.90 Å². The molecule has 1 heterocycles. The van der Waals surface area contributed by atoms with Crippen molar-refractivity contribution in [3.8, 4) is 10.9 Å². The Labute approximate surface area is 132 Å². The average molecular weight is 310 g/mol. The van der Waals surface area contributed by atoms with Crippen LogP contribution in [0.5, 0.6) is 10.9 Å². The number of aromatic nitrogens is 1. The van der Waals surface area contributed by atoms with Crippen molar-refractivity contribution in [1.82, 2.24) is 4.98 Å². The van der Waals surface area contributed by atoms with Crippen molar-refractivity contribution in [3.63, 3.8) is 0 Å². The second-order valence-electron chi connectivity index (χ2n) is 4.52. The molecule has 0 bridgehead atoms. The van der Waals surface area contributed by atoms with Gasteiger partial charge in [-0.1, -0.05) is 35.6 Å². The van der Waals surface area contributed by atoms with Crippen molar-refractivity contribution in [2.75, 3.05) is 7.11 Å². The van der Waals surface area contributed by atoms with Crippen LogP contribution in [-0.2, 0) is 0 Å². The fourth-order valence-electron chi connectivity index (χ4n) is 1.91. The molecule has 110 valence electrons. The van der Waals surface area contributed by atoms with Crippen molar-refractivity contribution >= 4 is 33.5 Å². The minimum absolute atomic E-state index is 0.0508. The highest BCUT2D eigenvalue weighted by molar-refractivity contribution is 7.20. The van der Waals surface area contributed by atoms with Crippen molar-refractivity contribution in [1.29, 1.82) is 5.41 Å². The molecule has 0 aliphatic carbocycles. The van der Waals surface area contributed by atoms with Crippen molar-refractivity contribution in [2.45, 2.75) is 0 Å². The van der Waals surface area contributed by atoms with Crippen molar-refractivity contribution in [2.24, 2.45) is 0 Å². The van der Waals surface area contributed by atoms with Crippen LogP contribution in [0.2, 0.25) is 0 Å². The Morgan fingerprint density at radius 2 is 1.91 bits per heavy atom. The standard InChI is InChI=1S/C17H14N2O2S/c1-20-13-9-6-12(7-10-13)8-11-16(18)21-17-19-14-4-2-3-5-15(14)22-17/h2-11,18H,1H3. The first-order valence-corrected chi connectivity index (χ1v) is 7.50. The number of ether oxygens (including phenoxy) is 2. The number of rotatable bonds is 4. The predicted octanol–water partition coefficient (Wildman–Crippen LogP) is 4.37. The maximum atomic E-state index is 7.86. The molecule has 0 spiro atoms. The first-order chi connectivity index (χ1) is 10.7. The largest absolute Gasteiger partial charge is 0.497 e. The molecule has 0 aliphatic rings. The lowest BCUT2D eigenvalue weighted by molar-refractivity contribution is 0.415. The molecule has 0 fully saturated rings. The van der Waals surface area contributed by atoms with Crippen LogP contribution in [0, 0.1) is 5.41 Å². The molecule has 0 aliphatic heterocycles. The lowest BCUT2D eigenvalue weighted by Crippen LogP contribution is -2.01. The van der Waals surface area contributed by atoms with Gasteiger partial charge >= 0.3 is 0 Å². The maximum Gasteiger partial charge on any atom is 0.281 e. The molecular weight excluding hydrogens is 296 g/mol. The summed E-state index contributed by atoms with van der Waals surface area (Å²) in [6, 6.07) is 15.4. The van der Waals surface area contributed by atoms with Gasteiger partial charge < -0.3 is 9.47 Å². The number of fused-ring (bicyclic) bond motifs is 1. The highest BCUT2D eigenvalue weighted by atomic mass is 32.1. The number of nitrogens with one attached hydrogen (secondary N) is 1. The number of nitrogens with zero attached hydrogens (tertiary/aromatic N) is 1. The van der Waals surface area contributed by atoms with E-state index in [1.165, 1.54) is 11.3 Å². The van der Waals surface area contributed by atoms with Gasteiger partial charge in [0.15, 0.2) is 0 Å². The van der Waals surface area contributed by atoms with Crippen LogP contribution in [0.1, 0.15) is 5.56 Å². The van der Waals surface area contributed by atoms with Crippen LogP contribution in [-0.4, -0.2) is 18.0 Å². The zero-order valence-corrected chi connectivity index (χ0v) is 12.8. The van der Waals surface area contributed by atoms with Gasteiger partial charge in [0.1, 0.15) is 5.75 Å². The van der Waals surface area contributed by atoms with E-state index in [2.05, 4.69) is 4.98 Å². The monoisotopic (exact) mass is 310 g/mol. The molecule has 0 radical (unpaired) electrons. The summed E-state index contributed by atoms with van der Waals surface area (Å²) in [5.74, 6) is 0.854. The van der Waals surface area contributed by atoms with Crippen molar-refractivity contribution < 1.29 is 9.47 Å². The molecule has 3 rings (SSSR count). The zero-order chi connectivity index (χ0) is 15.4. The van der Waals surface area contributed by atoms with Crippen LogP contribution in [0.15, 0.2) is 54.6 Å². The molecule has 2 aromatic carbocycles. The molecule has 0 atom stereocenters. The average Bonchev–Trinajstić information content (AvgIpc) is 2.95. The summed E-state index contributed by atoms with van der Waals surface area (Å²) in [6.45, 7) is 0. The fraction of sp³-hybridized carbons (Fsp3) is 0.0588. The van der Waals surface area contributed by atoms with Gasteiger partial charge in [0, 0.05) is 6.08 Å². The second kappa shape index (κ2) is 6.41.